The van der Waals surface area contributed by atoms with E-state index in [-0.39, 0.29) is 18.3 Å². The largest absolute Gasteiger partial charge is 0.381 e. The molecule has 6 nitrogen and oxygen atoms in total. The molecule has 2 aliphatic heterocycles. The Hall–Kier alpha value is -1.11. The van der Waals surface area contributed by atoms with E-state index in [1.165, 1.54) is 25.7 Å². The monoisotopic (exact) mass is 382 g/mol. The highest BCUT2D eigenvalue weighted by atomic mass is 35.5. The summed E-state index contributed by atoms with van der Waals surface area (Å²) >= 11 is 0. The van der Waals surface area contributed by atoms with Gasteiger partial charge >= 0.3 is 0 Å². The molecule has 0 atom stereocenters. The van der Waals surface area contributed by atoms with Gasteiger partial charge in [0.05, 0.1) is 0 Å². The van der Waals surface area contributed by atoms with Crippen molar-refractivity contribution in [3.05, 3.63) is 18.5 Å². The van der Waals surface area contributed by atoms with Crippen molar-refractivity contribution in [2.45, 2.75) is 62.9 Å². The van der Waals surface area contributed by atoms with Crippen LogP contribution in [0.25, 0.3) is 0 Å². The molecule has 1 aliphatic carbocycles. The lowest BCUT2D eigenvalue weighted by atomic mass is 9.68. The van der Waals surface area contributed by atoms with E-state index in [0.717, 1.165) is 52.0 Å². The summed E-state index contributed by atoms with van der Waals surface area (Å²) in [7, 11) is 0. The van der Waals surface area contributed by atoms with Crippen molar-refractivity contribution in [3.63, 3.8) is 0 Å². The molecule has 2 N–H and O–H groups in total. The van der Waals surface area contributed by atoms with Crippen molar-refractivity contribution in [2.24, 2.45) is 5.41 Å². The Morgan fingerprint density at radius 1 is 1.12 bits per heavy atom. The lowest BCUT2D eigenvalue weighted by Crippen LogP contribution is -2.57. The molecule has 1 aromatic rings. The molecule has 1 aromatic heterocycles. The number of halogens is 1. The van der Waals surface area contributed by atoms with Crippen LogP contribution in [0.2, 0.25) is 0 Å². The number of piperidine rings is 1. The number of aromatic nitrogens is 2. The van der Waals surface area contributed by atoms with E-state index >= 15 is 0 Å². The fourth-order valence-corrected chi connectivity index (χ4v) is 4.92. The van der Waals surface area contributed by atoms with Gasteiger partial charge in [0.1, 0.15) is 5.54 Å². The molecule has 0 radical (unpaired) electrons. The van der Waals surface area contributed by atoms with Gasteiger partial charge in [0.15, 0.2) is 0 Å². The number of carbonyl (C=O) groups excluding carboxylic acids is 1. The predicted molar refractivity (Wildman–Crippen MR) is 102 cm³/mol. The minimum Gasteiger partial charge on any atom is -0.381 e. The van der Waals surface area contributed by atoms with Gasteiger partial charge in [-0.1, -0.05) is 0 Å². The van der Waals surface area contributed by atoms with E-state index in [1.54, 1.807) is 6.20 Å². The second-order valence-electron chi connectivity index (χ2n) is 8.09. The van der Waals surface area contributed by atoms with Crippen LogP contribution < -0.4 is 10.6 Å². The molecular weight excluding hydrogens is 352 g/mol. The lowest BCUT2D eigenvalue weighted by molar-refractivity contribution is -0.133. The average molecular weight is 383 g/mol. The summed E-state index contributed by atoms with van der Waals surface area (Å²) in [5.41, 5.74) is -0.0452. The summed E-state index contributed by atoms with van der Waals surface area (Å²) < 4.78 is 7.42. The molecule has 1 amide bonds. The van der Waals surface area contributed by atoms with Gasteiger partial charge in [-0.05, 0) is 75.9 Å². The maximum atomic E-state index is 13.2. The molecular formula is C19H31ClN4O2. The van der Waals surface area contributed by atoms with Crippen molar-refractivity contribution < 1.29 is 9.53 Å². The summed E-state index contributed by atoms with van der Waals surface area (Å²) in [6, 6.07) is 2.22. The third-order valence-electron chi connectivity index (χ3n) is 6.73. The highest BCUT2D eigenvalue weighted by molar-refractivity contribution is 5.85. The first-order valence-electron chi connectivity index (χ1n) is 9.82. The van der Waals surface area contributed by atoms with Gasteiger partial charge in [-0.25, -0.2) is 0 Å². The zero-order chi connectivity index (χ0) is 17.2. The zero-order valence-electron chi connectivity index (χ0n) is 15.4. The van der Waals surface area contributed by atoms with Crippen LogP contribution >= 0.6 is 12.4 Å². The van der Waals surface area contributed by atoms with Crippen molar-refractivity contribution in [1.29, 1.82) is 0 Å². The van der Waals surface area contributed by atoms with Crippen LogP contribution in [0.5, 0.6) is 0 Å². The number of nitrogens with zero attached hydrogens (tertiary/aromatic N) is 2. The van der Waals surface area contributed by atoms with Crippen LogP contribution in [0.3, 0.4) is 0 Å². The van der Waals surface area contributed by atoms with Crippen LogP contribution in [0, 0.1) is 5.41 Å². The Morgan fingerprint density at radius 3 is 2.42 bits per heavy atom. The van der Waals surface area contributed by atoms with E-state index < -0.39 is 5.54 Å². The Bertz CT molecular complexity index is 570. The summed E-state index contributed by atoms with van der Waals surface area (Å²) in [6.07, 6.45) is 12.3. The van der Waals surface area contributed by atoms with Gasteiger partial charge in [-0.3, -0.25) is 9.48 Å². The molecule has 4 rings (SSSR count). The maximum absolute atomic E-state index is 13.2. The van der Waals surface area contributed by atoms with Gasteiger partial charge < -0.3 is 15.4 Å². The second-order valence-corrected chi connectivity index (χ2v) is 8.09. The Balaban J connectivity index is 0.00000196. The first kappa shape index (κ1) is 19.6. The van der Waals surface area contributed by atoms with E-state index in [9.17, 15) is 4.79 Å². The molecule has 0 unspecified atom stereocenters. The number of nitrogens with one attached hydrogen (secondary N) is 2. The number of rotatable bonds is 3. The topological polar surface area (TPSA) is 68.2 Å². The minimum absolute atomic E-state index is 0. The van der Waals surface area contributed by atoms with Gasteiger partial charge in [0, 0.05) is 31.6 Å². The zero-order valence-corrected chi connectivity index (χ0v) is 16.2. The Kier molecular flexibility index (Phi) is 6.25. The standard InChI is InChI=1S/C19H30N4O2.ClH/c24-17(19(6-11-20-12-7-19)23-13-1-10-21-23)22-16-2-4-18(5-3-16)8-14-25-15-9-18;/h1,10,13,16,20H,2-9,11-12,14-15H2,(H,22,24);1H. The summed E-state index contributed by atoms with van der Waals surface area (Å²) in [5.74, 6) is 0.158. The fourth-order valence-electron chi connectivity index (χ4n) is 4.92. The van der Waals surface area contributed by atoms with Crippen molar-refractivity contribution in [3.8, 4) is 0 Å². The summed E-state index contributed by atoms with van der Waals surface area (Å²) in [4.78, 5) is 13.2. The number of carbonyl (C=O) groups is 1. The van der Waals surface area contributed by atoms with Gasteiger partial charge in [-0.15, -0.1) is 12.4 Å². The molecule has 3 heterocycles. The van der Waals surface area contributed by atoms with E-state index in [0.29, 0.717) is 11.5 Å². The third-order valence-corrected chi connectivity index (χ3v) is 6.73. The first-order valence-corrected chi connectivity index (χ1v) is 9.82. The van der Waals surface area contributed by atoms with Gasteiger partial charge in [0.2, 0.25) is 5.91 Å². The molecule has 26 heavy (non-hydrogen) atoms. The summed E-state index contributed by atoms with van der Waals surface area (Å²) in [6.45, 7) is 3.54. The highest BCUT2D eigenvalue weighted by Gasteiger charge is 2.44. The van der Waals surface area contributed by atoms with Crippen LogP contribution in [-0.2, 0) is 15.1 Å². The smallest absolute Gasteiger partial charge is 0.248 e. The second kappa shape index (κ2) is 8.28. The van der Waals surface area contributed by atoms with Crippen LogP contribution in [0.15, 0.2) is 18.5 Å². The van der Waals surface area contributed by atoms with Gasteiger partial charge in [0.25, 0.3) is 0 Å². The predicted octanol–water partition coefficient (Wildman–Crippen LogP) is 2.24. The molecule has 1 spiro atoms. The van der Waals surface area contributed by atoms with E-state index in [4.69, 9.17) is 4.74 Å². The van der Waals surface area contributed by atoms with Crippen LogP contribution in [-0.4, -0.2) is 48.0 Å². The molecule has 3 fully saturated rings. The molecule has 0 aromatic carbocycles. The number of ether oxygens (including phenoxy) is 1. The lowest BCUT2D eigenvalue weighted by Gasteiger charge is -2.44. The Labute approximate surface area is 161 Å². The normalized spacial score (nSPS) is 25.4. The molecule has 1 saturated carbocycles. The minimum atomic E-state index is -0.525. The molecule has 2 saturated heterocycles. The molecule has 7 heteroatoms. The fraction of sp³-hybridized carbons (Fsp3) is 0.789. The third kappa shape index (κ3) is 3.78. The van der Waals surface area contributed by atoms with Crippen LogP contribution in [0.1, 0.15) is 51.4 Å². The van der Waals surface area contributed by atoms with Crippen molar-refractivity contribution in [1.82, 2.24) is 20.4 Å². The van der Waals surface area contributed by atoms with Crippen molar-refractivity contribution >= 4 is 18.3 Å². The number of amides is 1. The highest BCUT2D eigenvalue weighted by Crippen LogP contribution is 2.44. The number of hydrogen-bond donors (Lipinski definition) is 2. The summed E-state index contributed by atoms with van der Waals surface area (Å²) in [5, 5.41) is 11.2. The van der Waals surface area contributed by atoms with E-state index in [2.05, 4.69) is 15.7 Å². The SMILES string of the molecule is Cl.O=C(NC1CCC2(CCOCC2)CC1)C1(n2cccn2)CCNCC1. The molecule has 3 aliphatic rings. The average Bonchev–Trinajstić information content (AvgIpc) is 3.20. The molecule has 146 valence electrons. The van der Waals surface area contributed by atoms with Crippen molar-refractivity contribution in [2.75, 3.05) is 26.3 Å². The van der Waals surface area contributed by atoms with Crippen LogP contribution in [0.4, 0.5) is 0 Å². The maximum Gasteiger partial charge on any atom is 0.248 e. The van der Waals surface area contributed by atoms with E-state index in [1.807, 2.05) is 16.9 Å². The quantitative estimate of drug-likeness (QED) is 0.841. The number of hydrogen-bond acceptors (Lipinski definition) is 4. The van der Waals surface area contributed by atoms with Gasteiger partial charge in [-0.2, -0.15) is 5.10 Å². The molecule has 0 bridgehead atoms. The Morgan fingerprint density at radius 2 is 1.81 bits per heavy atom. The first-order chi connectivity index (χ1) is 12.2.